The Labute approximate surface area is 419 Å². The van der Waals surface area contributed by atoms with E-state index in [1.165, 1.54) is 0 Å². The molecule has 3 aromatic carbocycles. The maximum Gasteiger partial charge on any atom is 0.191 e. The molecule has 6 rings (SSSR count). The Hall–Kier alpha value is -3.18. The molecule has 0 saturated carbocycles. The molecule has 3 fully saturated rings. The normalized spacial score (nSPS) is 21.2. The Morgan fingerprint density at radius 3 is 1.04 bits per heavy atom. The molecule has 3 N–H and O–H groups in total. The molecule has 0 bridgehead atoms. The highest BCUT2D eigenvalue weighted by Crippen LogP contribution is 2.46. The third-order valence-electron chi connectivity index (χ3n) is 13.3. The summed E-state index contributed by atoms with van der Waals surface area (Å²) >= 11 is 0. The van der Waals surface area contributed by atoms with Gasteiger partial charge < -0.3 is 43.7 Å². The van der Waals surface area contributed by atoms with Crippen molar-refractivity contribution in [2.45, 2.75) is 222 Å². The third kappa shape index (κ3) is 15.2. The molecule has 3 aromatic rings. The minimum atomic E-state index is -0.752. The zero-order chi connectivity index (χ0) is 52.5. The number of ether oxygens (including phenoxy) is 6. The van der Waals surface area contributed by atoms with Gasteiger partial charge in [-0.15, -0.1) is 0 Å². The van der Waals surface area contributed by atoms with Crippen molar-refractivity contribution in [3.8, 4) is 17.2 Å². The topological polar surface area (TPSA) is 116 Å². The second-order valence-corrected chi connectivity index (χ2v) is 27.1. The maximum absolute atomic E-state index is 10.9. The van der Waals surface area contributed by atoms with E-state index in [0.717, 1.165) is 95.8 Å². The number of benzene rings is 3. The van der Waals surface area contributed by atoms with Gasteiger partial charge in [-0.05, 0) is 122 Å². The third-order valence-corrected chi connectivity index (χ3v) is 13.3. The average Bonchev–Trinajstić information content (AvgIpc) is 3.20. The van der Waals surface area contributed by atoms with Crippen LogP contribution in [0.1, 0.15) is 234 Å². The molecular weight excluding hydrogens is 865 g/mol. The van der Waals surface area contributed by atoms with Crippen molar-refractivity contribution in [1.82, 2.24) is 0 Å². The molecule has 0 aliphatic carbocycles. The molecule has 390 valence electrons. The van der Waals surface area contributed by atoms with Gasteiger partial charge in [-0.1, -0.05) is 152 Å². The van der Waals surface area contributed by atoms with Gasteiger partial charge in [0.1, 0.15) is 17.2 Å². The molecule has 0 atom stereocenters. The Morgan fingerprint density at radius 1 is 0.464 bits per heavy atom. The van der Waals surface area contributed by atoms with Gasteiger partial charge in [0.15, 0.2) is 18.4 Å². The monoisotopic (exact) mass is 961 g/mol. The Balaban J connectivity index is 0.000000226. The zero-order valence-electron chi connectivity index (χ0n) is 47.4. The van der Waals surface area contributed by atoms with E-state index in [4.69, 9.17) is 28.4 Å². The minimum Gasteiger partial charge on any atom is -0.507 e. The van der Waals surface area contributed by atoms with Gasteiger partial charge in [0, 0.05) is 28.0 Å². The standard InChI is InChI=1S/C22H36O3.C20H32O3.C18H28O3/c1-9-10-15-13-24-22(8,25-14-15)16-11-17(20(2,3)4)19(23)18(12-16)21(5,6)7;1-18(2,3)14-9-13(10-15(16(14)21)19(4,5)6)17-22-11-20(7,8)12-23-17;1-17(2,3)13-10-12(16-20-8-7-9-21-16)11-14(15(13)19)18(4,5)6/h11-12,15,23H,9-10,13-14H2,1-8H3;9-10,17,21H,11-12H2,1-8H3;10-11,16,19H,7-9H2,1-6H3. The van der Waals surface area contributed by atoms with Crippen molar-refractivity contribution in [3.63, 3.8) is 0 Å². The number of phenolic OH excluding ortho intramolecular Hbond substituents is 3. The van der Waals surface area contributed by atoms with Crippen LogP contribution in [0.3, 0.4) is 0 Å². The van der Waals surface area contributed by atoms with Crippen molar-refractivity contribution < 1.29 is 43.7 Å². The van der Waals surface area contributed by atoms with Crippen LogP contribution >= 0.6 is 0 Å². The first-order valence-corrected chi connectivity index (χ1v) is 25.7. The lowest BCUT2D eigenvalue weighted by Gasteiger charge is -2.39. The highest BCUT2D eigenvalue weighted by molar-refractivity contribution is 5.52. The van der Waals surface area contributed by atoms with E-state index in [2.05, 4.69) is 158 Å². The van der Waals surface area contributed by atoms with Gasteiger partial charge in [-0.25, -0.2) is 0 Å². The van der Waals surface area contributed by atoms with Gasteiger partial charge in [-0.3, -0.25) is 0 Å². The number of hydrogen-bond donors (Lipinski definition) is 3. The van der Waals surface area contributed by atoms with Crippen LogP contribution in [0.5, 0.6) is 17.2 Å². The van der Waals surface area contributed by atoms with Crippen LogP contribution in [0.4, 0.5) is 0 Å². The van der Waals surface area contributed by atoms with Crippen molar-refractivity contribution in [1.29, 1.82) is 0 Å². The predicted molar refractivity (Wildman–Crippen MR) is 282 cm³/mol. The molecule has 3 heterocycles. The van der Waals surface area contributed by atoms with Crippen LogP contribution in [0.15, 0.2) is 36.4 Å². The summed E-state index contributed by atoms with van der Waals surface area (Å²) in [5, 5.41) is 32.4. The number of phenols is 3. The fraction of sp³-hybridized carbons (Fsp3) is 0.700. The second kappa shape index (κ2) is 21.5. The van der Waals surface area contributed by atoms with Crippen molar-refractivity contribution >= 4 is 0 Å². The average molecular weight is 961 g/mol. The molecule has 0 aromatic heterocycles. The number of aromatic hydroxyl groups is 3. The summed E-state index contributed by atoms with van der Waals surface area (Å²) in [5.41, 5.74) is 7.84. The number of rotatable bonds is 5. The molecule has 3 saturated heterocycles. The van der Waals surface area contributed by atoms with E-state index in [-0.39, 0.29) is 50.5 Å². The van der Waals surface area contributed by atoms with Crippen LogP contribution in [0.25, 0.3) is 0 Å². The Kier molecular flexibility index (Phi) is 18.2. The van der Waals surface area contributed by atoms with Gasteiger partial charge >= 0.3 is 0 Å². The molecule has 69 heavy (non-hydrogen) atoms. The summed E-state index contributed by atoms with van der Waals surface area (Å²) in [6.45, 7) is 50.8. The van der Waals surface area contributed by atoms with Gasteiger partial charge in [0.2, 0.25) is 0 Å². The van der Waals surface area contributed by atoms with E-state index in [1.807, 2.05) is 31.2 Å². The summed E-state index contributed by atoms with van der Waals surface area (Å²) in [5.74, 6) is 0.906. The Bertz CT molecular complexity index is 2050. The minimum absolute atomic E-state index is 0.0487. The molecule has 0 spiro atoms. The zero-order valence-corrected chi connectivity index (χ0v) is 47.4. The molecule has 3 aliphatic rings. The molecule has 0 amide bonds. The fourth-order valence-corrected chi connectivity index (χ4v) is 8.86. The molecule has 3 aliphatic heterocycles. The quantitative estimate of drug-likeness (QED) is 0.230. The lowest BCUT2D eigenvalue weighted by Crippen LogP contribution is -2.40. The maximum atomic E-state index is 10.9. The van der Waals surface area contributed by atoms with Crippen molar-refractivity contribution in [3.05, 3.63) is 86.5 Å². The SMILES string of the molecule is CC(C)(C)c1cc(C2OCCCO2)cc(C(C)(C)C)c1O.CC1(C)COC(c2cc(C(C)(C)C)c(O)c(C(C)(C)C)c2)OC1.CCCC1COC(C)(c2cc(C(C)(C)C)c(O)c(C(C)(C)C)c2)OC1. The first kappa shape index (κ1) is 58.4. The van der Waals surface area contributed by atoms with Crippen molar-refractivity contribution in [2.75, 3.05) is 39.6 Å². The summed E-state index contributed by atoms with van der Waals surface area (Å²) in [7, 11) is 0. The van der Waals surface area contributed by atoms with Gasteiger partial charge in [0.25, 0.3) is 0 Å². The first-order valence-electron chi connectivity index (χ1n) is 25.7. The predicted octanol–water partition coefficient (Wildman–Crippen LogP) is 15.1. The van der Waals surface area contributed by atoms with E-state index in [1.54, 1.807) is 0 Å². The van der Waals surface area contributed by atoms with E-state index in [9.17, 15) is 15.3 Å². The highest BCUT2D eigenvalue weighted by Gasteiger charge is 2.39. The van der Waals surface area contributed by atoms with Crippen LogP contribution in [-0.4, -0.2) is 55.0 Å². The van der Waals surface area contributed by atoms with Gasteiger partial charge in [0.05, 0.1) is 39.6 Å². The Morgan fingerprint density at radius 2 is 0.754 bits per heavy atom. The van der Waals surface area contributed by atoms with E-state index in [0.29, 0.717) is 36.4 Å². The molecular formula is C60H96O9. The lowest BCUT2D eigenvalue weighted by atomic mass is 9.77. The second-order valence-electron chi connectivity index (χ2n) is 27.1. The van der Waals surface area contributed by atoms with Crippen LogP contribution in [-0.2, 0) is 66.7 Å². The molecule has 9 heteroatoms. The fourth-order valence-electron chi connectivity index (χ4n) is 8.86. The smallest absolute Gasteiger partial charge is 0.191 e. The largest absolute Gasteiger partial charge is 0.507 e. The summed E-state index contributed by atoms with van der Waals surface area (Å²) in [6.07, 6.45) is 2.54. The van der Waals surface area contributed by atoms with Crippen LogP contribution in [0, 0.1) is 11.3 Å². The van der Waals surface area contributed by atoms with Gasteiger partial charge in [-0.2, -0.15) is 0 Å². The summed E-state index contributed by atoms with van der Waals surface area (Å²) in [6, 6.07) is 12.2. The summed E-state index contributed by atoms with van der Waals surface area (Å²) < 4.78 is 35.7. The highest BCUT2D eigenvalue weighted by atomic mass is 16.7. The number of hydrogen-bond acceptors (Lipinski definition) is 9. The lowest BCUT2D eigenvalue weighted by molar-refractivity contribution is -0.282. The molecule has 9 nitrogen and oxygen atoms in total. The van der Waals surface area contributed by atoms with E-state index < -0.39 is 5.79 Å². The molecule has 0 unspecified atom stereocenters. The van der Waals surface area contributed by atoms with Crippen LogP contribution in [0.2, 0.25) is 0 Å². The first-order chi connectivity index (χ1) is 31.3. The summed E-state index contributed by atoms with van der Waals surface area (Å²) in [4.78, 5) is 0. The molecule has 0 radical (unpaired) electrons. The van der Waals surface area contributed by atoms with E-state index >= 15 is 0 Å². The van der Waals surface area contributed by atoms with Crippen molar-refractivity contribution in [2.24, 2.45) is 11.3 Å². The van der Waals surface area contributed by atoms with Crippen LogP contribution < -0.4 is 0 Å².